The van der Waals surface area contributed by atoms with Gasteiger partial charge in [-0.2, -0.15) is 0 Å². The van der Waals surface area contributed by atoms with E-state index in [4.69, 9.17) is 9.47 Å². The minimum Gasteiger partial charge on any atom is -0.494 e. The van der Waals surface area contributed by atoms with E-state index < -0.39 is 0 Å². The van der Waals surface area contributed by atoms with Crippen molar-refractivity contribution < 1.29 is 14.3 Å². The number of para-hydroxylation sites is 1. The van der Waals surface area contributed by atoms with Gasteiger partial charge in [-0.1, -0.05) is 18.2 Å². The monoisotopic (exact) mass is 272 g/mol. The molecule has 0 radical (unpaired) electrons. The van der Waals surface area contributed by atoms with Gasteiger partial charge < -0.3 is 19.8 Å². The molecule has 1 aromatic heterocycles. The number of carbonyl (C=O) groups excluding carboxylic acids is 1. The van der Waals surface area contributed by atoms with E-state index in [2.05, 4.69) is 16.4 Å². The summed E-state index contributed by atoms with van der Waals surface area (Å²) in [6.45, 7) is 1.47. The lowest BCUT2D eigenvalue weighted by Crippen LogP contribution is -2.30. The van der Waals surface area contributed by atoms with Crippen LogP contribution >= 0.6 is 0 Å². The molecule has 0 aliphatic carbocycles. The summed E-state index contributed by atoms with van der Waals surface area (Å²) in [5, 5.41) is 4.02. The average Bonchev–Trinajstić information content (AvgIpc) is 2.92. The van der Waals surface area contributed by atoms with Crippen LogP contribution in [0.3, 0.4) is 0 Å². The molecule has 0 spiro atoms. The molecule has 0 saturated carbocycles. The molecule has 5 heteroatoms. The molecule has 1 aliphatic rings. The van der Waals surface area contributed by atoms with Crippen molar-refractivity contribution in [1.82, 2.24) is 10.3 Å². The number of amides is 1. The summed E-state index contributed by atoms with van der Waals surface area (Å²) in [4.78, 5) is 15.0. The zero-order valence-electron chi connectivity index (χ0n) is 11.0. The molecule has 0 saturated heterocycles. The number of carbonyl (C=O) groups is 1. The smallest absolute Gasteiger partial charge is 0.289 e. The summed E-state index contributed by atoms with van der Waals surface area (Å²) in [6.07, 6.45) is 4.12. The van der Waals surface area contributed by atoms with Crippen molar-refractivity contribution in [2.45, 2.75) is 6.42 Å². The Balaban J connectivity index is 1.57. The summed E-state index contributed by atoms with van der Waals surface area (Å²) in [7, 11) is 0. The van der Waals surface area contributed by atoms with Crippen LogP contribution < -0.4 is 5.32 Å². The molecule has 0 bridgehead atoms. The summed E-state index contributed by atoms with van der Waals surface area (Å²) in [5.74, 6) is 0.0136. The Morgan fingerprint density at radius 2 is 2.20 bits per heavy atom. The van der Waals surface area contributed by atoms with Crippen molar-refractivity contribution in [2.75, 3.05) is 19.8 Å². The molecule has 1 aliphatic heterocycles. The topological polar surface area (TPSA) is 63.4 Å². The van der Waals surface area contributed by atoms with Crippen LogP contribution in [-0.2, 0) is 20.7 Å². The molecule has 1 aromatic carbocycles. The molecular formula is C15H16N2O3. The molecule has 0 fully saturated rings. The fourth-order valence-corrected chi connectivity index (χ4v) is 2.22. The minimum absolute atomic E-state index is 0.232. The second-order valence-corrected chi connectivity index (χ2v) is 4.57. The maximum Gasteiger partial charge on any atom is 0.289 e. The Bertz CT molecular complexity index is 645. The van der Waals surface area contributed by atoms with Crippen LogP contribution in [0.1, 0.15) is 5.56 Å². The molecule has 2 aromatic rings. The van der Waals surface area contributed by atoms with Gasteiger partial charge in [-0.15, -0.1) is 0 Å². The maximum absolute atomic E-state index is 11.8. The van der Waals surface area contributed by atoms with Crippen LogP contribution in [0, 0.1) is 0 Å². The predicted molar refractivity (Wildman–Crippen MR) is 75.0 cm³/mol. The Morgan fingerprint density at radius 1 is 1.30 bits per heavy atom. The zero-order chi connectivity index (χ0) is 13.8. The summed E-state index contributed by atoms with van der Waals surface area (Å²) in [6, 6.07) is 8.12. The Morgan fingerprint density at radius 3 is 3.05 bits per heavy atom. The second-order valence-electron chi connectivity index (χ2n) is 4.57. The number of hydrogen-bond acceptors (Lipinski definition) is 3. The number of hydrogen-bond donors (Lipinski definition) is 2. The number of benzene rings is 1. The van der Waals surface area contributed by atoms with Crippen molar-refractivity contribution in [3.63, 3.8) is 0 Å². The normalized spacial score (nSPS) is 14.3. The Hall–Kier alpha value is -2.43. The van der Waals surface area contributed by atoms with Gasteiger partial charge in [0.25, 0.3) is 5.91 Å². The minimum atomic E-state index is -0.232. The molecule has 3 rings (SSSR count). The number of ether oxygens (including phenoxy) is 2. The average molecular weight is 272 g/mol. The third kappa shape index (κ3) is 2.61. The van der Waals surface area contributed by atoms with E-state index in [9.17, 15) is 4.79 Å². The third-order valence-corrected chi connectivity index (χ3v) is 3.23. The van der Waals surface area contributed by atoms with Gasteiger partial charge in [-0.3, -0.25) is 4.79 Å². The molecule has 5 nitrogen and oxygen atoms in total. The quantitative estimate of drug-likeness (QED) is 0.890. The van der Waals surface area contributed by atoms with Crippen LogP contribution in [0.5, 0.6) is 0 Å². The number of fused-ring (bicyclic) bond motifs is 1. The lowest BCUT2D eigenvalue weighted by molar-refractivity contribution is -0.122. The van der Waals surface area contributed by atoms with Crippen LogP contribution in [0.2, 0.25) is 0 Å². The third-order valence-electron chi connectivity index (χ3n) is 3.23. The largest absolute Gasteiger partial charge is 0.494 e. The van der Waals surface area contributed by atoms with E-state index in [1.165, 1.54) is 17.2 Å². The molecule has 2 heterocycles. The van der Waals surface area contributed by atoms with E-state index in [-0.39, 0.29) is 11.7 Å². The van der Waals surface area contributed by atoms with Crippen molar-refractivity contribution in [3.8, 4) is 0 Å². The van der Waals surface area contributed by atoms with Gasteiger partial charge >= 0.3 is 0 Å². The lowest BCUT2D eigenvalue weighted by Gasteiger charge is -2.14. The maximum atomic E-state index is 11.8. The zero-order valence-corrected chi connectivity index (χ0v) is 11.0. The summed E-state index contributed by atoms with van der Waals surface area (Å²) < 4.78 is 10.3. The van der Waals surface area contributed by atoms with Crippen molar-refractivity contribution in [3.05, 3.63) is 48.0 Å². The highest BCUT2D eigenvalue weighted by atomic mass is 16.6. The fraction of sp³-hybridized carbons (Fsp3) is 0.267. The van der Waals surface area contributed by atoms with Crippen LogP contribution in [-0.4, -0.2) is 30.6 Å². The number of aromatic nitrogens is 1. The van der Waals surface area contributed by atoms with Crippen molar-refractivity contribution in [1.29, 1.82) is 0 Å². The molecule has 1 amide bonds. The molecule has 2 N–H and O–H groups in total. The highest BCUT2D eigenvalue weighted by Gasteiger charge is 2.14. The van der Waals surface area contributed by atoms with Crippen LogP contribution in [0.15, 0.2) is 42.5 Å². The van der Waals surface area contributed by atoms with Gasteiger partial charge in [0.1, 0.15) is 19.5 Å². The van der Waals surface area contributed by atoms with E-state index in [0.717, 1.165) is 11.9 Å². The molecule has 104 valence electrons. The molecule has 20 heavy (non-hydrogen) atoms. The first-order valence-corrected chi connectivity index (χ1v) is 6.62. The van der Waals surface area contributed by atoms with E-state index in [1.54, 1.807) is 0 Å². The number of rotatable bonds is 4. The second kappa shape index (κ2) is 5.69. The first-order valence-electron chi connectivity index (χ1n) is 6.62. The molecular weight excluding hydrogens is 256 g/mol. The summed E-state index contributed by atoms with van der Waals surface area (Å²) in [5.41, 5.74) is 2.30. The number of nitrogens with one attached hydrogen (secondary N) is 2. The first kappa shape index (κ1) is 12.6. The standard InChI is InChI=1S/C15H16N2O3/c18-15(14-10-19-7-8-20-14)16-6-5-11-9-17-13-4-2-1-3-12(11)13/h1-4,9-10,17H,5-8H2,(H,16,18). The molecule has 0 unspecified atom stereocenters. The first-order chi connectivity index (χ1) is 9.84. The van der Waals surface area contributed by atoms with Crippen LogP contribution in [0.25, 0.3) is 10.9 Å². The number of aromatic amines is 1. The van der Waals surface area contributed by atoms with Gasteiger partial charge in [0.15, 0.2) is 0 Å². The van der Waals surface area contributed by atoms with Gasteiger partial charge in [-0.05, 0) is 18.1 Å². The molecule has 0 atom stereocenters. The SMILES string of the molecule is O=C(NCCc1c[nH]c2ccccc12)C1=COCCO1. The Labute approximate surface area is 116 Å². The number of H-pyrrole nitrogens is 1. The Kier molecular flexibility index (Phi) is 3.58. The predicted octanol–water partition coefficient (Wildman–Crippen LogP) is 1.71. The van der Waals surface area contributed by atoms with Gasteiger partial charge in [0.2, 0.25) is 5.76 Å². The van der Waals surface area contributed by atoms with Gasteiger partial charge in [-0.25, -0.2) is 0 Å². The van der Waals surface area contributed by atoms with E-state index in [0.29, 0.717) is 19.8 Å². The lowest BCUT2D eigenvalue weighted by atomic mass is 10.1. The highest BCUT2D eigenvalue weighted by molar-refractivity contribution is 5.91. The van der Waals surface area contributed by atoms with E-state index >= 15 is 0 Å². The van der Waals surface area contributed by atoms with Crippen molar-refractivity contribution in [2.24, 2.45) is 0 Å². The van der Waals surface area contributed by atoms with E-state index in [1.807, 2.05) is 24.4 Å². The summed E-state index contributed by atoms with van der Waals surface area (Å²) >= 11 is 0. The van der Waals surface area contributed by atoms with Gasteiger partial charge in [0, 0.05) is 23.6 Å². The van der Waals surface area contributed by atoms with Crippen LogP contribution in [0.4, 0.5) is 0 Å². The van der Waals surface area contributed by atoms with Gasteiger partial charge in [0.05, 0.1) is 0 Å². The highest BCUT2D eigenvalue weighted by Crippen LogP contribution is 2.17. The van der Waals surface area contributed by atoms with Crippen molar-refractivity contribution >= 4 is 16.8 Å². The fourth-order valence-electron chi connectivity index (χ4n) is 2.22.